The van der Waals surface area contributed by atoms with E-state index in [9.17, 15) is 9.59 Å². The van der Waals surface area contributed by atoms with Gasteiger partial charge >= 0.3 is 0 Å². The molecule has 5 nitrogen and oxygen atoms in total. The number of nitrogens with one attached hydrogen (secondary N) is 2. The summed E-state index contributed by atoms with van der Waals surface area (Å²) in [6.07, 6.45) is 9.73. The normalized spacial score (nSPS) is 16.6. The molecule has 1 aliphatic carbocycles. The van der Waals surface area contributed by atoms with Gasteiger partial charge in [-0.05, 0) is 18.9 Å². The second-order valence-electron chi connectivity index (χ2n) is 4.95. The molecule has 1 aromatic rings. The Morgan fingerprint density at radius 3 is 2.58 bits per heavy atom. The Labute approximate surface area is 112 Å². The average molecular weight is 264 g/mol. The van der Waals surface area contributed by atoms with Crippen molar-refractivity contribution in [2.24, 2.45) is 0 Å². The van der Waals surface area contributed by atoms with E-state index in [0.717, 1.165) is 12.8 Å². The van der Waals surface area contributed by atoms with E-state index in [4.69, 9.17) is 4.42 Å². The SMILES string of the molecule is O=C(CNC(=O)c1ccoc1)NC1CCCCCC1. The first-order chi connectivity index (χ1) is 9.25. The molecule has 0 atom stereocenters. The van der Waals surface area contributed by atoms with Gasteiger partial charge < -0.3 is 15.1 Å². The van der Waals surface area contributed by atoms with Crippen LogP contribution in [0.3, 0.4) is 0 Å². The fourth-order valence-electron chi connectivity index (χ4n) is 2.36. The summed E-state index contributed by atoms with van der Waals surface area (Å²) >= 11 is 0. The number of carbonyl (C=O) groups is 2. The van der Waals surface area contributed by atoms with Crippen LogP contribution in [0, 0.1) is 0 Å². The van der Waals surface area contributed by atoms with Gasteiger partial charge in [0.05, 0.1) is 18.4 Å². The van der Waals surface area contributed by atoms with E-state index in [0.29, 0.717) is 5.56 Å². The van der Waals surface area contributed by atoms with Crippen molar-refractivity contribution < 1.29 is 14.0 Å². The standard InChI is InChI=1S/C14H20N2O3/c17-13(16-12-5-3-1-2-4-6-12)9-15-14(18)11-7-8-19-10-11/h7-8,10,12H,1-6,9H2,(H,15,18)(H,16,17). The van der Waals surface area contributed by atoms with E-state index in [-0.39, 0.29) is 24.4 Å². The largest absolute Gasteiger partial charge is 0.472 e. The highest BCUT2D eigenvalue weighted by molar-refractivity contribution is 5.96. The first kappa shape index (κ1) is 13.6. The zero-order chi connectivity index (χ0) is 13.5. The third-order valence-electron chi connectivity index (χ3n) is 3.41. The van der Waals surface area contributed by atoms with Crippen molar-refractivity contribution >= 4 is 11.8 Å². The van der Waals surface area contributed by atoms with Gasteiger partial charge in [-0.25, -0.2) is 0 Å². The van der Waals surface area contributed by atoms with Gasteiger partial charge in [-0.2, -0.15) is 0 Å². The van der Waals surface area contributed by atoms with Gasteiger partial charge in [-0.1, -0.05) is 25.7 Å². The molecule has 1 aromatic heterocycles. The summed E-state index contributed by atoms with van der Waals surface area (Å²) in [6, 6.07) is 1.83. The summed E-state index contributed by atoms with van der Waals surface area (Å²) in [5, 5.41) is 5.56. The number of hydrogen-bond donors (Lipinski definition) is 2. The smallest absolute Gasteiger partial charge is 0.254 e. The maximum Gasteiger partial charge on any atom is 0.254 e. The van der Waals surface area contributed by atoms with Gasteiger partial charge in [0.25, 0.3) is 5.91 Å². The van der Waals surface area contributed by atoms with Crippen LogP contribution in [0.5, 0.6) is 0 Å². The molecule has 2 rings (SSSR count). The maximum atomic E-state index is 11.7. The van der Waals surface area contributed by atoms with Crippen LogP contribution < -0.4 is 10.6 Å². The van der Waals surface area contributed by atoms with Crippen molar-refractivity contribution in [3.8, 4) is 0 Å². The Morgan fingerprint density at radius 2 is 1.95 bits per heavy atom. The number of amides is 2. The zero-order valence-electron chi connectivity index (χ0n) is 11.0. The molecule has 0 saturated heterocycles. The van der Waals surface area contributed by atoms with E-state index in [2.05, 4.69) is 10.6 Å². The van der Waals surface area contributed by atoms with Crippen molar-refractivity contribution in [1.82, 2.24) is 10.6 Å². The summed E-state index contributed by atoms with van der Waals surface area (Å²) in [7, 11) is 0. The Balaban J connectivity index is 1.70. The molecule has 2 amide bonds. The summed E-state index contributed by atoms with van der Waals surface area (Å²) < 4.78 is 4.82. The Hall–Kier alpha value is -1.78. The van der Waals surface area contributed by atoms with E-state index < -0.39 is 0 Å². The molecular weight excluding hydrogens is 244 g/mol. The second-order valence-corrected chi connectivity index (χ2v) is 4.95. The summed E-state index contributed by atoms with van der Waals surface area (Å²) in [4.78, 5) is 23.4. The van der Waals surface area contributed by atoms with Crippen LogP contribution in [-0.4, -0.2) is 24.4 Å². The fourth-order valence-corrected chi connectivity index (χ4v) is 2.36. The molecule has 0 bridgehead atoms. The molecule has 0 spiro atoms. The quantitative estimate of drug-likeness (QED) is 0.815. The lowest BCUT2D eigenvalue weighted by molar-refractivity contribution is -0.120. The summed E-state index contributed by atoms with van der Waals surface area (Å²) in [6.45, 7) is 0.0144. The van der Waals surface area contributed by atoms with E-state index in [1.807, 2.05) is 0 Å². The summed E-state index contributed by atoms with van der Waals surface area (Å²) in [5.74, 6) is -0.409. The fraction of sp³-hybridized carbons (Fsp3) is 0.571. The highest BCUT2D eigenvalue weighted by atomic mass is 16.3. The van der Waals surface area contributed by atoms with Crippen LogP contribution in [0.4, 0.5) is 0 Å². The third kappa shape index (κ3) is 4.43. The maximum absolute atomic E-state index is 11.7. The topological polar surface area (TPSA) is 71.3 Å². The molecule has 104 valence electrons. The molecule has 0 radical (unpaired) electrons. The first-order valence-electron chi connectivity index (χ1n) is 6.85. The molecule has 19 heavy (non-hydrogen) atoms. The van der Waals surface area contributed by atoms with E-state index >= 15 is 0 Å². The Morgan fingerprint density at radius 1 is 1.21 bits per heavy atom. The second kappa shape index (κ2) is 6.97. The minimum Gasteiger partial charge on any atom is -0.472 e. The monoisotopic (exact) mass is 264 g/mol. The molecule has 1 fully saturated rings. The van der Waals surface area contributed by atoms with Crippen molar-refractivity contribution in [2.75, 3.05) is 6.54 Å². The molecule has 0 aromatic carbocycles. The predicted octanol–water partition coefficient (Wildman–Crippen LogP) is 1.85. The minimum absolute atomic E-state index is 0.0144. The highest BCUT2D eigenvalue weighted by Gasteiger charge is 2.15. The van der Waals surface area contributed by atoms with Crippen LogP contribution in [0.25, 0.3) is 0 Å². The highest BCUT2D eigenvalue weighted by Crippen LogP contribution is 2.16. The molecule has 2 N–H and O–H groups in total. The lowest BCUT2D eigenvalue weighted by Crippen LogP contribution is -2.41. The number of carbonyl (C=O) groups excluding carboxylic acids is 2. The van der Waals surface area contributed by atoms with Gasteiger partial charge in [0.1, 0.15) is 6.26 Å². The van der Waals surface area contributed by atoms with Gasteiger partial charge in [-0.3, -0.25) is 9.59 Å². The van der Waals surface area contributed by atoms with Gasteiger partial charge in [0, 0.05) is 6.04 Å². The molecule has 1 heterocycles. The first-order valence-corrected chi connectivity index (χ1v) is 6.85. The Bertz CT molecular complexity index is 406. The van der Waals surface area contributed by atoms with Crippen molar-refractivity contribution in [3.63, 3.8) is 0 Å². The van der Waals surface area contributed by atoms with Crippen molar-refractivity contribution in [1.29, 1.82) is 0 Å². The average Bonchev–Trinajstić information content (AvgIpc) is 2.82. The number of rotatable bonds is 4. The van der Waals surface area contributed by atoms with Crippen LogP contribution in [0.15, 0.2) is 23.0 Å². The molecule has 0 unspecified atom stereocenters. The lowest BCUT2D eigenvalue weighted by atomic mass is 10.1. The van der Waals surface area contributed by atoms with Crippen molar-refractivity contribution in [2.45, 2.75) is 44.6 Å². The minimum atomic E-state index is -0.287. The van der Waals surface area contributed by atoms with E-state index in [1.165, 1.54) is 38.2 Å². The molecular formula is C14H20N2O3. The third-order valence-corrected chi connectivity index (χ3v) is 3.41. The number of furan rings is 1. The van der Waals surface area contributed by atoms with Crippen LogP contribution >= 0.6 is 0 Å². The van der Waals surface area contributed by atoms with E-state index in [1.54, 1.807) is 6.07 Å². The van der Waals surface area contributed by atoms with Gasteiger partial charge in [0.2, 0.25) is 5.91 Å². The molecule has 1 saturated carbocycles. The molecule has 5 heteroatoms. The van der Waals surface area contributed by atoms with Crippen LogP contribution in [0.2, 0.25) is 0 Å². The van der Waals surface area contributed by atoms with Crippen LogP contribution in [0.1, 0.15) is 48.9 Å². The van der Waals surface area contributed by atoms with Gasteiger partial charge in [0.15, 0.2) is 0 Å². The van der Waals surface area contributed by atoms with Crippen LogP contribution in [-0.2, 0) is 4.79 Å². The Kier molecular flexibility index (Phi) is 5.01. The zero-order valence-corrected chi connectivity index (χ0v) is 11.0. The summed E-state index contributed by atoms with van der Waals surface area (Å²) in [5.41, 5.74) is 0.433. The molecule has 1 aliphatic rings. The number of hydrogen-bond acceptors (Lipinski definition) is 3. The molecule has 0 aliphatic heterocycles. The lowest BCUT2D eigenvalue weighted by Gasteiger charge is -2.16. The predicted molar refractivity (Wildman–Crippen MR) is 70.7 cm³/mol. The van der Waals surface area contributed by atoms with Crippen molar-refractivity contribution in [3.05, 3.63) is 24.2 Å². The van der Waals surface area contributed by atoms with Gasteiger partial charge in [-0.15, -0.1) is 0 Å².